The van der Waals surface area contributed by atoms with Crippen LogP contribution in [0.1, 0.15) is 17.3 Å². The lowest BCUT2D eigenvalue weighted by Crippen LogP contribution is -2.39. The number of hydrogen-bond acceptors (Lipinski definition) is 4. The number of hydrogen-bond donors (Lipinski definition) is 1. The average molecular weight is 374 g/mol. The smallest absolute Gasteiger partial charge is 0.328 e. The summed E-state index contributed by atoms with van der Waals surface area (Å²) >= 11 is 0. The Hall–Kier alpha value is -3.49. The predicted molar refractivity (Wildman–Crippen MR) is 91.8 cm³/mol. The molecule has 3 rings (SSSR count). The average Bonchev–Trinajstić information content (AvgIpc) is 3.28. The van der Waals surface area contributed by atoms with Gasteiger partial charge in [-0.2, -0.15) is 5.10 Å². The number of methoxy groups -OCH3 is 1. The minimum atomic E-state index is -0.880. The first-order valence-electron chi connectivity index (χ1n) is 7.97. The molecule has 0 aliphatic rings. The summed E-state index contributed by atoms with van der Waals surface area (Å²) < 4.78 is 34.7. The highest BCUT2D eigenvalue weighted by molar-refractivity contribution is 5.99. The summed E-state index contributed by atoms with van der Waals surface area (Å²) in [5.74, 6) is -2.47. The molecular formula is C18H16F2N4O3. The van der Waals surface area contributed by atoms with E-state index in [4.69, 9.17) is 0 Å². The van der Waals surface area contributed by atoms with Gasteiger partial charge in [0.15, 0.2) is 5.82 Å². The van der Waals surface area contributed by atoms with Gasteiger partial charge in [-0.05, 0) is 31.2 Å². The van der Waals surface area contributed by atoms with E-state index in [1.165, 1.54) is 24.9 Å². The van der Waals surface area contributed by atoms with Crippen LogP contribution in [0.25, 0.3) is 11.5 Å². The summed E-state index contributed by atoms with van der Waals surface area (Å²) in [5, 5.41) is 6.61. The molecule has 27 heavy (non-hydrogen) atoms. The lowest BCUT2D eigenvalue weighted by Gasteiger charge is -2.13. The van der Waals surface area contributed by atoms with E-state index in [-0.39, 0.29) is 17.1 Å². The third kappa shape index (κ3) is 3.71. The number of aromatic nitrogens is 3. The topological polar surface area (TPSA) is 78.2 Å². The number of benzene rings is 1. The minimum absolute atomic E-state index is 0.108. The van der Waals surface area contributed by atoms with Gasteiger partial charge in [0.2, 0.25) is 0 Å². The molecule has 0 spiro atoms. The van der Waals surface area contributed by atoms with Crippen LogP contribution < -0.4 is 5.32 Å². The Morgan fingerprint density at radius 1 is 1.15 bits per heavy atom. The molecule has 1 aromatic carbocycles. The van der Waals surface area contributed by atoms with Crippen LogP contribution in [-0.2, 0) is 9.53 Å². The summed E-state index contributed by atoms with van der Waals surface area (Å²) in [6.45, 7) is 1.48. The van der Waals surface area contributed by atoms with Gasteiger partial charge >= 0.3 is 5.97 Å². The Kier molecular flexibility index (Phi) is 5.02. The first-order chi connectivity index (χ1) is 12.9. The number of nitrogens with one attached hydrogen (secondary N) is 1. The number of halogens is 2. The Bertz CT molecular complexity index is 962. The van der Waals surface area contributed by atoms with Crippen molar-refractivity contribution in [2.75, 3.05) is 7.11 Å². The van der Waals surface area contributed by atoms with Crippen molar-refractivity contribution >= 4 is 11.9 Å². The number of carbonyl (C=O) groups excluding carboxylic acids is 2. The largest absolute Gasteiger partial charge is 0.467 e. The van der Waals surface area contributed by atoms with E-state index in [1.54, 1.807) is 29.1 Å². The highest BCUT2D eigenvalue weighted by Gasteiger charge is 2.23. The third-order valence-corrected chi connectivity index (χ3v) is 3.83. The summed E-state index contributed by atoms with van der Waals surface area (Å²) in [6, 6.07) is 5.51. The Morgan fingerprint density at radius 3 is 2.37 bits per heavy atom. The van der Waals surface area contributed by atoms with Gasteiger partial charge in [-0.25, -0.2) is 18.3 Å². The third-order valence-electron chi connectivity index (χ3n) is 3.83. The molecule has 1 atom stereocenters. The van der Waals surface area contributed by atoms with Crippen molar-refractivity contribution in [3.63, 3.8) is 0 Å². The van der Waals surface area contributed by atoms with Crippen LogP contribution in [0.2, 0.25) is 0 Å². The fourth-order valence-electron chi connectivity index (χ4n) is 2.59. The van der Waals surface area contributed by atoms with Gasteiger partial charge in [0.25, 0.3) is 5.91 Å². The van der Waals surface area contributed by atoms with Gasteiger partial charge in [-0.3, -0.25) is 4.79 Å². The van der Waals surface area contributed by atoms with Gasteiger partial charge in [-0.15, -0.1) is 0 Å². The van der Waals surface area contributed by atoms with Crippen LogP contribution >= 0.6 is 0 Å². The summed E-state index contributed by atoms with van der Waals surface area (Å²) in [7, 11) is 1.22. The van der Waals surface area contributed by atoms with E-state index < -0.39 is 29.6 Å². The van der Waals surface area contributed by atoms with Crippen LogP contribution in [0.5, 0.6) is 0 Å². The molecule has 0 radical (unpaired) electrons. The monoisotopic (exact) mass is 374 g/mol. The van der Waals surface area contributed by atoms with E-state index in [2.05, 4.69) is 15.2 Å². The predicted octanol–water partition coefficient (Wildman–Crippen LogP) is 2.23. The van der Waals surface area contributed by atoms with Crippen molar-refractivity contribution in [1.82, 2.24) is 19.7 Å². The summed E-state index contributed by atoms with van der Waals surface area (Å²) in [6.07, 6.45) is 4.57. The van der Waals surface area contributed by atoms with Crippen LogP contribution in [-0.4, -0.2) is 39.4 Å². The van der Waals surface area contributed by atoms with Crippen LogP contribution in [0.3, 0.4) is 0 Å². The van der Waals surface area contributed by atoms with Crippen molar-refractivity contribution in [3.05, 3.63) is 66.1 Å². The molecular weight excluding hydrogens is 358 g/mol. The first kappa shape index (κ1) is 18.3. The molecule has 0 bridgehead atoms. The van der Waals surface area contributed by atoms with E-state index in [1.807, 2.05) is 0 Å². The van der Waals surface area contributed by atoms with Crippen LogP contribution in [0.15, 0.2) is 48.9 Å². The van der Waals surface area contributed by atoms with E-state index >= 15 is 0 Å². The zero-order valence-electron chi connectivity index (χ0n) is 14.5. The second-order valence-electron chi connectivity index (χ2n) is 5.73. The van der Waals surface area contributed by atoms with Crippen LogP contribution in [0, 0.1) is 11.6 Å². The molecule has 2 aromatic heterocycles. The SMILES string of the molecule is COC(=O)[C@@H](C)NC(=O)c1cnn(-c2cc(F)cc(F)c2)c1-n1cccc1. The summed E-state index contributed by atoms with van der Waals surface area (Å²) in [5.41, 5.74) is 0.225. The lowest BCUT2D eigenvalue weighted by atomic mass is 10.2. The number of amides is 1. The number of nitrogens with zero attached hydrogens (tertiary/aromatic N) is 3. The molecule has 0 saturated carbocycles. The zero-order chi connectivity index (χ0) is 19.6. The second-order valence-corrected chi connectivity index (χ2v) is 5.73. The number of esters is 1. The molecule has 7 nitrogen and oxygen atoms in total. The van der Waals surface area contributed by atoms with Gasteiger partial charge < -0.3 is 14.6 Å². The van der Waals surface area contributed by atoms with Crippen LogP contribution in [0.4, 0.5) is 8.78 Å². The maximum Gasteiger partial charge on any atom is 0.328 e. The quantitative estimate of drug-likeness (QED) is 0.695. The first-order valence-corrected chi connectivity index (χ1v) is 7.97. The molecule has 2 heterocycles. The fraction of sp³-hybridized carbons (Fsp3) is 0.167. The van der Waals surface area contributed by atoms with E-state index in [0.717, 1.165) is 18.2 Å². The Labute approximate surface area is 153 Å². The van der Waals surface area contributed by atoms with Crippen molar-refractivity contribution < 1.29 is 23.1 Å². The lowest BCUT2D eigenvalue weighted by molar-refractivity contribution is -0.142. The Balaban J connectivity index is 2.07. The number of ether oxygens (including phenoxy) is 1. The highest BCUT2D eigenvalue weighted by Crippen LogP contribution is 2.21. The van der Waals surface area contributed by atoms with Crippen molar-refractivity contribution in [3.8, 4) is 11.5 Å². The molecule has 1 N–H and O–H groups in total. The number of carbonyl (C=O) groups is 2. The molecule has 0 fully saturated rings. The summed E-state index contributed by atoms with van der Waals surface area (Å²) in [4.78, 5) is 24.2. The van der Waals surface area contributed by atoms with Crippen molar-refractivity contribution in [2.24, 2.45) is 0 Å². The van der Waals surface area contributed by atoms with Gasteiger partial charge in [0.05, 0.1) is 19.0 Å². The molecule has 0 saturated heterocycles. The van der Waals surface area contributed by atoms with Gasteiger partial charge in [0, 0.05) is 18.5 Å². The fourth-order valence-corrected chi connectivity index (χ4v) is 2.59. The van der Waals surface area contributed by atoms with Crippen molar-refractivity contribution in [1.29, 1.82) is 0 Å². The maximum atomic E-state index is 13.6. The normalized spacial score (nSPS) is 11.9. The number of rotatable bonds is 5. The van der Waals surface area contributed by atoms with Gasteiger partial charge in [0.1, 0.15) is 23.2 Å². The zero-order valence-corrected chi connectivity index (χ0v) is 14.5. The standard InChI is InChI=1S/C18H16F2N4O3/c1-11(18(26)27-2)22-16(25)15-10-21-24(17(15)23-5-3-4-6-23)14-8-12(19)7-13(20)9-14/h3-11H,1-2H3,(H,22,25)/t11-/m1/s1. The molecule has 3 aromatic rings. The molecule has 0 aliphatic heterocycles. The molecule has 1 amide bonds. The Morgan fingerprint density at radius 2 is 1.78 bits per heavy atom. The molecule has 9 heteroatoms. The molecule has 140 valence electrons. The second kappa shape index (κ2) is 7.40. The molecule has 0 aliphatic carbocycles. The molecule has 0 unspecified atom stereocenters. The highest BCUT2D eigenvalue weighted by atomic mass is 19.1. The minimum Gasteiger partial charge on any atom is -0.467 e. The maximum absolute atomic E-state index is 13.6. The van der Waals surface area contributed by atoms with E-state index in [9.17, 15) is 18.4 Å². The van der Waals surface area contributed by atoms with Gasteiger partial charge in [-0.1, -0.05) is 0 Å². The van der Waals surface area contributed by atoms with E-state index in [0.29, 0.717) is 0 Å². The van der Waals surface area contributed by atoms with Crippen molar-refractivity contribution in [2.45, 2.75) is 13.0 Å².